The number of urea groups is 1. The summed E-state index contributed by atoms with van der Waals surface area (Å²) in [7, 11) is 0. The Morgan fingerprint density at radius 3 is 2.06 bits per heavy atom. The average molecular weight is 259 g/mol. The highest BCUT2D eigenvalue weighted by Crippen LogP contribution is 2.07. The van der Waals surface area contributed by atoms with Crippen molar-refractivity contribution in [2.75, 3.05) is 6.61 Å². The van der Waals surface area contributed by atoms with Gasteiger partial charge in [-0.25, -0.2) is 4.79 Å². The Hall–Kier alpha value is -1.30. The summed E-state index contributed by atoms with van der Waals surface area (Å²) in [6.45, 7) is 7.58. The first-order chi connectivity index (χ1) is 8.27. The molecule has 2 atom stereocenters. The van der Waals surface area contributed by atoms with Gasteiger partial charge in [-0.2, -0.15) is 0 Å². The van der Waals surface area contributed by atoms with Crippen molar-refractivity contribution in [3.8, 4) is 0 Å². The van der Waals surface area contributed by atoms with Gasteiger partial charge in [-0.3, -0.25) is 4.79 Å². The van der Waals surface area contributed by atoms with E-state index in [0.717, 1.165) is 0 Å². The number of hydrogen-bond acceptors (Lipinski definition) is 3. The van der Waals surface area contributed by atoms with Gasteiger partial charge in [-0.1, -0.05) is 27.7 Å². The minimum Gasteiger partial charge on any atom is -0.394 e. The van der Waals surface area contributed by atoms with Crippen molar-refractivity contribution in [1.29, 1.82) is 0 Å². The lowest BCUT2D eigenvalue weighted by Crippen LogP contribution is -2.53. The summed E-state index contributed by atoms with van der Waals surface area (Å²) in [5.41, 5.74) is 5.05. The maximum absolute atomic E-state index is 12.0. The van der Waals surface area contributed by atoms with E-state index >= 15 is 0 Å². The molecule has 0 fully saturated rings. The van der Waals surface area contributed by atoms with E-state index < -0.39 is 12.1 Å². The number of aliphatic hydroxyl groups excluding tert-OH is 1. The largest absolute Gasteiger partial charge is 0.394 e. The lowest BCUT2D eigenvalue weighted by atomic mass is 10.0. The molecule has 0 heterocycles. The average Bonchev–Trinajstić information content (AvgIpc) is 2.22. The van der Waals surface area contributed by atoms with Gasteiger partial charge in [0.15, 0.2) is 0 Å². The molecule has 0 saturated carbocycles. The predicted octanol–water partition coefficient (Wildman–Crippen LogP) is 0.203. The molecule has 0 rings (SSSR count). The third-order valence-electron chi connectivity index (χ3n) is 2.67. The number of hydrogen-bond donors (Lipinski definition) is 4. The fourth-order valence-corrected chi connectivity index (χ4v) is 1.58. The van der Waals surface area contributed by atoms with Gasteiger partial charge in [0.2, 0.25) is 5.91 Å². The Balaban J connectivity index is 4.58. The van der Waals surface area contributed by atoms with E-state index in [-0.39, 0.29) is 30.4 Å². The summed E-state index contributed by atoms with van der Waals surface area (Å²) in [4.78, 5) is 22.9. The molecule has 1 unspecified atom stereocenters. The van der Waals surface area contributed by atoms with Crippen LogP contribution in [0.15, 0.2) is 0 Å². The smallest absolute Gasteiger partial charge is 0.312 e. The van der Waals surface area contributed by atoms with Gasteiger partial charge in [0.05, 0.1) is 12.6 Å². The second kappa shape index (κ2) is 7.92. The van der Waals surface area contributed by atoms with Crippen LogP contribution >= 0.6 is 0 Å². The normalized spacial score (nSPS) is 14.4. The highest BCUT2D eigenvalue weighted by atomic mass is 16.3. The van der Waals surface area contributed by atoms with Crippen molar-refractivity contribution in [2.45, 2.75) is 46.2 Å². The van der Waals surface area contributed by atoms with Gasteiger partial charge >= 0.3 is 6.03 Å². The van der Waals surface area contributed by atoms with Crippen LogP contribution in [0.4, 0.5) is 4.79 Å². The summed E-state index contributed by atoms with van der Waals surface area (Å²) in [6, 6.07) is -1.70. The molecule has 0 bridgehead atoms. The molecule has 106 valence electrons. The van der Waals surface area contributed by atoms with Crippen LogP contribution in [0.3, 0.4) is 0 Å². The number of nitrogens with two attached hydrogens (primary N) is 1. The van der Waals surface area contributed by atoms with E-state index in [9.17, 15) is 9.59 Å². The third kappa shape index (κ3) is 6.44. The minimum atomic E-state index is -0.721. The molecule has 5 N–H and O–H groups in total. The van der Waals surface area contributed by atoms with Crippen molar-refractivity contribution in [2.24, 2.45) is 17.6 Å². The summed E-state index contributed by atoms with van der Waals surface area (Å²) >= 11 is 0. The Bertz CT molecular complexity index is 280. The van der Waals surface area contributed by atoms with E-state index in [4.69, 9.17) is 10.8 Å². The van der Waals surface area contributed by atoms with E-state index in [1.807, 2.05) is 27.7 Å². The van der Waals surface area contributed by atoms with Crippen LogP contribution in [-0.2, 0) is 4.79 Å². The molecule has 0 aliphatic carbocycles. The van der Waals surface area contributed by atoms with Gasteiger partial charge < -0.3 is 21.5 Å². The maximum atomic E-state index is 12.0. The Morgan fingerprint density at radius 2 is 1.72 bits per heavy atom. The first kappa shape index (κ1) is 16.7. The quantitative estimate of drug-likeness (QED) is 0.525. The summed E-state index contributed by atoms with van der Waals surface area (Å²) in [5, 5.41) is 14.3. The van der Waals surface area contributed by atoms with Gasteiger partial charge in [0.1, 0.15) is 6.04 Å². The molecule has 6 nitrogen and oxygen atoms in total. The second-order valence-electron chi connectivity index (χ2n) is 5.23. The zero-order valence-corrected chi connectivity index (χ0v) is 11.6. The molecule has 18 heavy (non-hydrogen) atoms. The fourth-order valence-electron chi connectivity index (χ4n) is 1.58. The molecule has 6 heteroatoms. The number of primary amides is 1. The van der Waals surface area contributed by atoms with Crippen molar-refractivity contribution in [3.05, 3.63) is 0 Å². The van der Waals surface area contributed by atoms with Gasteiger partial charge in [0, 0.05) is 0 Å². The van der Waals surface area contributed by atoms with Crippen LogP contribution in [0.2, 0.25) is 0 Å². The maximum Gasteiger partial charge on any atom is 0.312 e. The molecular formula is C12H25N3O3. The molecule has 0 aliphatic rings. The Morgan fingerprint density at radius 1 is 1.17 bits per heavy atom. The minimum absolute atomic E-state index is 0.118. The topological polar surface area (TPSA) is 104 Å². The van der Waals surface area contributed by atoms with Crippen LogP contribution in [0.5, 0.6) is 0 Å². The molecule has 3 amide bonds. The van der Waals surface area contributed by atoms with E-state index in [1.165, 1.54) is 0 Å². The zero-order valence-electron chi connectivity index (χ0n) is 11.6. The SMILES string of the molecule is CC(C)CC(NC(N)=O)C(=O)N[C@H](CO)C(C)C. The number of rotatable bonds is 7. The lowest BCUT2D eigenvalue weighted by molar-refractivity contribution is -0.124. The molecule has 0 radical (unpaired) electrons. The highest BCUT2D eigenvalue weighted by Gasteiger charge is 2.24. The number of aliphatic hydroxyl groups is 1. The monoisotopic (exact) mass is 259 g/mol. The first-order valence-corrected chi connectivity index (χ1v) is 6.25. The van der Waals surface area contributed by atoms with Gasteiger partial charge in [-0.05, 0) is 18.3 Å². The van der Waals surface area contributed by atoms with Crippen LogP contribution in [0.25, 0.3) is 0 Å². The fraction of sp³-hybridized carbons (Fsp3) is 0.833. The lowest BCUT2D eigenvalue weighted by Gasteiger charge is -2.24. The highest BCUT2D eigenvalue weighted by molar-refractivity contribution is 5.86. The van der Waals surface area contributed by atoms with Crippen LogP contribution < -0.4 is 16.4 Å². The van der Waals surface area contributed by atoms with Crippen molar-refractivity contribution in [1.82, 2.24) is 10.6 Å². The number of carbonyl (C=O) groups excluding carboxylic acids is 2. The summed E-state index contributed by atoms with van der Waals surface area (Å²) in [5.74, 6) is 0.0571. The van der Waals surface area contributed by atoms with E-state index in [0.29, 0.717) is 6.42 Å². The molecule has 0 aromatic heterocycles. The van der Waals surface area contributed by atoms with Crippen LogP contribution in [0.1, 0.15) is 34.1 Å². The second-order valence-corrected chi connectivity index (χ2v) is 5.23. The number of amides is 3. The van der Waals surface area contributed by atoms with Crippen molar-refractivity contribution >= 4 is 11.9 Å². The standard InChI is InChI=1S/C12H25N3O3/c1-7(2)5-9(15-12(13)18)11(17)14-10(6-16)8(3)4/h7-10,16H,5-6H2,1-4H3,(H,14,17)(H3,13,15,18)/t9?,10-/m1/s1. The predicted molar refractivity (Wildman–Crippen MR) is 69.8 cm³/mol. The Kier molecular flexibility index (Phi) is 7.35. The molecule has 0 aliphatic heterocycles. The molecule has 0 aromatic carbocycles. The number of nitrogens with one attached hydrogen (secondary N) is 2. The molecule has 0 aromatic rings. The van der Waals surface area contributed by atoms with Gasteiger partial charge in [0.25, 0.3) is 0 Å². The molecular weight excluding hydrogens is 234 g/mol. The van der Waals surface area contributed by atoms with Gasteiger partial charge in [-0.15, -0.1) is 0 Å². The van der Waals surface area contributed by atoms with Crippen molar-refractivity contribution < 1.29 is 14.7 Å². The van der Waals surface area contributed by atoms with E-state index in [1.54, 1.807) is 0 Å². The third-order valence-corrected chi connectivity index (χ3v) is 2.67. The van der Waals surface area contributed by atoms with Crippen molar-refractivity contribution in [3.63, 3.8) is 0 Å². The number of carbonyl (C=O) groups is 2. The van der Waals surface area contributed by atoms with Crippen LogP contribution in [0, 0.1) is 11.8 Å². The first-order valence-electron chi connectivity index (χ1n) is 6.25. The Labute approximate surface area is 108 Å². The zero-order chi connectivity index (χ0) is 14.3. The summed E-state index contributed by atoms with van der Waals surface area (Å²) in [6.07, 6.45) is 0.505. The van der Waals surface area contributed by atoms with E-state index in [2.05, 4.69) is 10.6 Å². The molecule has 0 saturated heterocycles. The van der Waals surface area contributed by atoms with Crippen LogP contribution in [-0.4, -0.2) is 35.7 Å². The molecule has 0 spiro atoms. The summed E-state index contributed by atoms with van der Waals surface area (Å²) < 4.78 is 0.